The van der Waals surface area contributed by atoms with Crippen LogP contribution in [-0.2, 0) is 17.8 Å². The molecule has 22 heavy (non-hydrogen) atoms. The monoisotopic (exact) mass is 323 g/mol. The van der Waals surface area contributed by atoms with Crippen molar-refractivity contribution < 1.29 is 19.0 Å². The summed E-state index contributed by atoms with van der Waals surface area (Å²) in [7, 11) is 0. The van der Waals surface area contributed by atoms with Gasteiger partial charge < -0.3 is 15.6 Å². The maximum Gasteiger partial charge on any atom is 0.320 e. The number of aliphatic carboxylic acids is 1. The van der Waals surface area contributed by atoms with E-state index in [1.165, 1.54) is 12.1 Å². The Balaban J connectivity index is 2.06. The van der Waals surface area contributed by atoms with E-state index < -0.39 is 17.8 Å². The van der Waals surface area contributed by atoms with Crippen LogP contribution in [-0.4, -0.2) is 17.1 Å². The van der Waals surface area contributed by atoms with E-state index in [1.807, 2.05) is 0 Å². The van der Waals surface area contributed by atoms with Crippen molar-refractivity contribution in [2.24, 2.45) is 5.73 Å². The number of carboxylic acids is 1. The molecule has 6 heteroatoms. The number of hydrogen-bond acceptors (Lipinski definition) is 3. The Bertz CT molecular complexity index is 658. The molecule has 0 spiro atoms. The Morgan fingerprint density at radius 1 is 1.32 bits per heavy atom. The second-order valence-electron chi connectivity index (χ2n) is 4.79. The fourth-order valence-electron chi connectivity index (χ4n) is 1.93. The van der Waals surface area contributed by atoms with Crippen LogP contribution in [0.4, 0.5) is 4.39 Å². The molecule has 2 rings (SSSR count). The third-order valence-electron chi connectivity index (χ3n) is 3.12. The van der Waals surface area contributed by atoms with E-state index in [2.05, 4.69) is 0 Å². The number of halogens is 2. The molecule has 0 aliphatic rings. The highest BCUT2D eigenvalue weighted by molar-refractivity contribution is 6.31. The number of rotatable bonds is 6. The topological polar surface area (TPSA) is 72.5 Å². The van der Waals surface area contributed by atoms with Crippen molar-refractivity contribution in [2.75, 3.05) is 0 Å². The lowest BCUT2D eigenvalue weighted by atomic mass is 10.1. The molecule has 0 fully saturated rings. The molecule has 2 aromatic rings. The minimum atomic E-state index is -1.07. The molecule has 116 valence electrons. The second-order valence-corrected chi connectivity index (χ2v) is 5.19. The summed E-state index contributed by atoms with van der Waals surface area (Å²) in [5.41, 5.74) is 6.50. The molecule has 0 amide bonds. The van der Waals surface area contributed by atoms with Crippen LogP contribution < -0.4 is 10.5 Å². The molecule has 0 aliphatic heterocycles. The highest BCUT2D eigenvalue weighted by Gasteiger charge is 2.13. The smallest absolute Gasteiger partial charge is 0.320 e. The van der Waals surface area contributed by atoms with E-state index in [9.17, 15) is 9.18 Å². The fourth-order valence-corrected chi connectivity index (χ4v) is 2.15. The summed E-state index contributed by atoms with van der Waals surface area (Å²) in [5, 5.41) is 9.11. The summed E-state index contributed by atoms with van der Waals surface area (Å²) in [6.45, 7) is -0.0139. The van der Waals surface area contributed by atoms with Gasteiger partial charge in [-0.3, -0.25) is 4.79 Å². The van der Waals surface area contributed by atoms with Gasteiger partial charge in [-0.05, 0) is 36.2 Å². The average Bonchev–Trinajstić information content (AvgIpc) is 2.47. The number of benzene rings is 2. The number of ether oxygens (including phenoxy) is 1. The Hall–Kier alpha value is -2.11. The Morgan fingerprint density at radius 3 is 2.73 bits per heavy atom. The zero-order chi connectivity index (χ0) is 16.1. The van der Waals surface area contributed by atoms with Crippen molar-refractivity contribution in [3.63, 3.8) is 0 Å². The van der Waals surface area contributed by atoms with Crippen LogP contribution in [0.2, 0.25) is 5.02 Å². The van der Waals surface area contributed by atoms with E-state index in [-0.39, 0.29) is 18.6 Å². The molecule has 1 unspecified atom stereocenters. The average molecular weight is 324 g/mol. The van der Waals surface area contributed by atoms with Gasteiger partial charge in [0, 0.05) is 5.56 Å². The first-order chi connectivity index (χ1) is 10.5. The molecule has 0 radical (unpaired) electrons. The first-order valence-corrected chi connectivity index (χ1v) is 6.98. The van der Waals surface area contributed by atoms with E-state index in [0.29, 0.717) is 10.8 Å². The van der Waals surface area contributed by atoms with Crippen molar-refractivity contribution in [1.82, 2.24) is 0 Å². The SMILES string of the molecule is NC(Cc1cccc(OCc2c(F)cccc2Cl)c1)C(=O)O. The van der Waals surface area contributed by atoms with Gasteiger partial charge in [-0.15, -0.1) is 0 Å². The van der Waals surface area contributed by atoms with Crippen molar-refractivity contribution in [2.45, 2.75) is 19.1 Å². The molecule has 0 aliphatic carbocycles. The summed E-state index contributed by atoms with van der Waals surface area (Å²) < 4.78 is 19.2. The third kappa shape index (κ3) is 4.19. The van der Waals surface area contributed by atoms with Crippen LogP contribution in [0.15, 0.2) is 42.5 Å². The standard InChI is InChI=1S/C16H15ClFNO3/c17-13-5-2-6-14(18)12(13)9-22-11-4-1-3-10(7-11)8-15(19)16(20)21/h1-7,15H,8-9,19H2,(H,20,21). The van der Waals surface area contributed by atoms with Gasteiger partial charge >= 0.3 is 5.97 Å². The van der Waals surface area contributed by atoms with E-state index >= 15 is 0 Å². The Labute approximate surface area is 132 Å². The minimum Gasteiger partial charge on any atom is -0.489 e. The van der Waals surface area contributed by atoms with E-state index in [0.717, 1.165) is 5.56 Å². The largest absolute Gasteiger partial charge is 0.489 e. The molecule has 2 aromatic carbocycles. The van der Waals surface area contributed by atoms with E-state index in [4.69, 9.17) is 27.2 Å². The third-order valence-corrected chi connectivity index (χ3v) is 3.47. The predicted octanol–water partition coefficient (Wildman–Crippen LogP) is 3.01. The van der Waals surface area contributed by atoms with Crippen LogP contribution in [0.5, 0.6) is 5.75 Å². The van der Waals surface area contributed by atoms with Gasteiger partial charge in [0.2, 0.25) is 0 Å². The number of hydrogen-bond donors (Lipinski definition) is 2. The first-order valence-electron chi connectivity index (χ1n) is 6.60. The molecule has 0 saturated heterocycles. The quantitative estimate of drug-likeness (QED) is 0.857. The van der Waals surface area contributed by atoms with Gasteiger partial charge in [0.1, 0.15) is 24.2 Å². The van der Waals surface area contributed by atoms with Crippen molar-refractivity contribution >= 4 is 17.6 Å². The zero-order valence-corrected chi connectivity index (χ0v) is 12.4. The molecular weight excluding hydrogens is 309 g/mol. The van der Waals surface area contributed by atoms with Gasteiger partial charge in [-0.25, -0.2) is 4.39 Å². The van der Waals surface area contributed by atoms with Crippen LogP contribution in [0, 0.1) is 5.82 Å². The molecule has 3 N–H and O–H groups in total. The van der Waals surface area contributed by atoms with Gasteiger partial charge in [0.05, 0.1) is 5.02 Å². The number of carboxylic acid groups (broad SMARTS) is 1. The normalized spacial score (nSPS) is 12.0. The Morgan fingerprint density at radius 2 is 2.05 bits per heavy atom. The number of nitrogens with two attached hydrogens (primary N) is 1. The summed E-state index contributed by atoms with van der Waals surface area (Å²) in [5.74, 6) is -1.00. The fraction of sp³-hybridized carbons (Fsp3) is 0.188. The van der Waals surface area contributed by atoms with Gasteiger partial charge in [-0.1, -0.05) is 29.8 Å². The van der Waals surface area contributed by atoms with Crippen LogP contribution in [0.3, 0.4) is 0 Å². The lowest BCUT2D eigenvalue weighted by Gasteiger charge is -2.11. The lowest BCUT2D eigenvalue weighted by molar-refractivity contribution is -0.138. The molecule has 0 saturated carbocycles. The van der Waals surface area contributed by atoms with Gasteiger partial charge in [0.25, 0.3) is 0 Å². The van der Waals surface area contributed by atoms with E-state index in [1.54, 1.807) is 30.3 Å². The highest BCUT2D eigenvalue weighted by atomic mass is 35.5. The summed E-state index contributed by atoms with van der Waals surface area (Å²) in [6, 6.07) is 10.3. The minimum absolute atomic E-state index is 0.0139. The summed E-state index contributed by atoms with van der Waals surface area (Å²) in [6.07, 6.45) is 0.187. The zero-order valence-electron chi connectivity index (χ0n) is 11.6. The molecular formula is C16H15ClFNO3. The van der Waals surface area contributed by atoms with Crippen molar-refractivity contribution in [3.8, 4) is 5.75 Å². The van der Waals surface area contributed by atoms with Crippen LogP contribution in [0.1, 0.15) is 11.1 Å². The van der Waals surface area contributed by atoms with Crippen molar-refractivity contribution in [1.29, 1.82) is 0 Å². The Kier molecular flexibility index (Phi) is 5.35. The molecule has 1 atom stereocenters. The first kappa shape index (κ1) is 16.3. The predicted molar refractivity (Wildman–Crippen MR) is 81.5 cm³/mol. The molecule has 0 bridgehead atoms. The summed E-state index contributed by atoms with van der Waals surface area (Å²) in [4.78, 5) is 10.8. The maximum absolute atomic E-state index is 13.6. The van der Waals surface area contributed by atoms with Crippen LogP contribution >= 0.6 is 11.6 Å². The van der Waals surface area contributed by atoms with Gasteiger partial charge in [-0.2, -0.15) is 0 Å². The number of carbonyl (C=O) groups is 1. The highest BCUT2D eigenvalue weighted by Crippen LogP contribution is 2.22. The molecule has 4 nitrogen and oxygen atoms in total. The molecule has 0 heterocycles. The van der Waals surface area contributed by atoms with Gasteiger partial charge in [0.15, 0.2) is 0 Å². The molecule has 0 aromatic heterocycles. The maximum atomic E-state index is 13.6. The summed E-state index contributed by atoms with van der Waals surface area (Å²) >= 11 is 5.93. The lowest BCUT2D eigenvalue weighted by Crippen LogP contribution is -2.32. The second kappa shape index (κ2) is 7.24. The van der Waals surface area contributed by atoms with Crippen LogP contribution in [0.25, 0.3) is 0 Å². The van der Waals surface area contributed by atoms with Crippen molar-refractivity contribution in [3.05, 3.63) is 64.4 Å².